The fourth-order valence-corrected chi connectivity index (χ4v) is 3.88. The first kappa shape index (κ1) is 24.9. The molecule has 0 spiro atoms. The van der Waals surface area contributed by atoms with E-state index < -0.39 is 17.8 Å². The van der Waals surface area contributed by atoms with Crippen LogP contribution in [-0.4, -0.2) is 44.8 Å². The summed E-state index contributed by atoms with van der Waals surface area (Å²) in [5, 5.41) is 2.88. The monoisotopic (exact) mass is 461 g/mol. The quantitative estimate of drug-likeness (QED) is 0.434. The minimum atomic E-state index is -0.626. The van der Waals surface area contributed by atoms with E-state index in [1.54, 1.807) is 59.1 Å². The number of nitrogens with one attached hydrogen (secondary N) is 1. The molecule has 0 fully saturated rings. The van der Waals surface area contributed by atoms with Crippen molar-refractivity contribution in [3.05, 3.63) is 45.8 Å². The lowest BCUT2D eigenvalue weighted by Gasteiger charge is -2.07. The van der Waals surface area contributed by atoms with Gasteiger partial charge in [-0.3, -0.25) is 4.79 Å². The van der Waals surface area contributed by atoms with Crippen molar-refractivity contribution >= 4 is 40.3 Å². The Morgan fingerprint density at radius 2 is 1.84 bits per heavy atom. The van der Waals surface area contributed by atoms with Crippen molar-refractivity contribution in [3.8, 4) is 11.5 Å². The molecule has 1 N–H and O–H groups in total. The maximum Gasteiger partial charge on any atom is 0.348 e. The van der Waals surface area contributed by atoms with Crippen LogP contribution in [0, 0.1) is 6.92 Å². The van der Waals surface area contributed by atoms with Crippen LogP contribution in [0.3, 0.4) is 0 Å². The van der Waals surface area contributed by atoms with E-state index in [0.717, 1.165) is 11.3 Å². The molecule has 0 radical (unpaired) electrons. The Morgan fingerprint density at radius 3 is 2.44 bits per heavy atom. The van der Waals surface area contributed by atoms with E-state index in [-0.39, 0.29) is 28.2 Å². The molecule has 0 saturated heterocycles. The van der Waals surface area contributed by atoms with Crippen molar-refractivity contribution in [1.82, 2.24) is 0 Å². The number of hydrogen-bond donors (Lipinski definition) is 1. The van der Waals surface area contributed by atoms with Gasteiger partial charge in [-0.25, -0.2) is 9.59 Å². The summed E-state index contributed by atoms with van der Waals surface area (Å²) >= 11 is 0.968. The smallest absolute Gasteiger partial charge is 0.348 e. The second-order valence-corrected chi connectivity index (χ2v) is 7.89. The van der Waals surface area contributed by atoms with Crippen molar-refractivity contribution in [2.24, 2.45) is 0 Å². The summed E-state index contributed by atoms with van der Waals surface area (Å²) in [7, 11) is 3.07. The van der Waals surface area contributed by atoms with Crippen LogP contribution in [0.2, 0.25) is 0 Å². The zero-order valence-corrected chi connectivity index (χ0v) is 19.8. The van der Waals surface area contributed by atoms with Crippen molar-refractivity contribution in [2.75, 3.05) is 26.1 Å². The molecule has 2 aromatic rings. The Balaban J connectivity index is 2.34. The highest BCUT2D eigenvalue weighted by molar-refractivity contribution is 7.18. The molecule has 0 atom stereocenters. The number of benzene rings is 1. The van der Waals surface area contributed by atoms with E-state index in [1.807, 2.05) is 0 Å². The van der Waals surface area contributed by atoms with Gasteiger partial charge in [0.15, 0.2) is 0 Å². The number of anilines is 1. The van der Waals surface area contributed by atoms with Crippen LogP contribution in [0.5, 0.6) is 11.5 Å². The van der Waals surface area contributed by atoms with Crippen molar-refractivity contribution in [1.29, 1.82) is 0 Å². The molecule has 2 rings (SSSR count). The van der Waals surface area contributed by atoms with Crippen LogP contribution in [0.25, 0.3) is 6.08 Å². The van der Waals surface area contributed by atoms with Gasteiger partial charge < -0.3 is 24.3 Å². The summed E-state index contributed by atoms with van der Waals surface area (Å²) in [5.41, 5.74) is 1.16. The number of esters is 2. The van der Waals surface area contributed by atoms with Crippen LogP contribution < -0.4 is 14.8 Å². The van der Waals surface area contributed by atoms with Gasteiger partial charge in [0.1, 0.15) is 21.4 Å². The van der Waals surface area contributed by atoms with E-state index in [9.17, 15) is 14.4 Å². The number of methoxy groups -OCH3 is 2. The first-order chi connectivity index (χ1) is 15.2. The molecule has 172 valence electrons. The minimum Gasteiger partial charge on any atom is -0.497 e. The average molecular weight is 462 g/mol. The number of rotatable bonds is 9. The second kappa shape index (κ2) is 11.3. The number of ether oxygens (including phenoxy) is 4. The molecule has 0 bridgehead atoms. The standard InChI is InChI=1S/C23H27NO7S/c1-7-30-22(26)19-14(4)20(23(27)31-13(2)3)32-21(19)24-18(25)11-8-15-12-16(28-5)9-10-17(15)29-6/h8-13H,7H2,1-6H3,(H,24,25)/b11-8+. The predicted molar refractivity (Wildman–Crippen MR) is 123 cm³/mol. The highest BCUT2D eigenvalue weighted by Gasteiger charge is 2.27. The molecule has 9 heteroatoms. The summed E-state index contributed by atoms with van der Waals surface area (Å²) in [6.45, 7) is 6.91. The SMILES string of the molecule is CCOC(=O)c1c(NC(=O)/C=C/c2cc(OC)ccc2OC)sc(C(=O)OC(C)C)c1C. The summed E-state index contributed by atoms with van der Waals surface area (Å²) < 4.78 is 20.9. The number of hydrogen-bond acceptors (Lipinski definition) is 8. The highest BCUT2D eigenvalue weighted by atomic mass is 32.1. The van der Waals surface area contributed by atoms with E-state index >= 15 is 0 Å². The normalized spacial score (nSPS) is 10.8. The Bertz CT molecular complexity index is 1020. The van der Waals surface area contributed by atoms with Gasteiger partial charge in [-0.1, -0.05) is 0 Å². The van der Waals surface area contributed by atoms with Crippen LogP contribution in [0.4, 0.5) is 5.00 Å². The maximum atomic E-state index is 12.6. The molecular formula is C23H27NO7S. The molecule has 0 aliphatic carbocycles. The van der Waals surface area contributed by atoms with E-state index in [1.165, 1.54) is 13.2 Å². The molecule has 0 aliphatic rings. The van der Waals surface area contributed by atoms with Crippen LogP contribution in [0.1, 0.15) is 51.9 Å². The lowest BCUT2D eigenvalue weighted by atomic mass is 10.1. The third-order valence-corrected chi connectivity index (χ3v) is 5.43. The Kier molecular flexibility index (Phi) is 8.83. The fourth-order valence-electron chi connectivity index (χ4n) is 2.80. The zero-order chi connectivity index (χ0) is 23.8. The molecule has 1 amide bonds. The largest absolute Gasteiger partial charge is 0.497 e. The van der Waals surface area contributed by atoms with Crippen LogP contribution in [-0.2, 0) is 14.3 Å². The Morgan fingerprint density at radius 1 is 1.12 bits per heavy atom. The van der Waals surface area contributed by atoms with Gasteiger partial charge >= 0.3 is 11.9 Å². The number of thiophene rings is 1. The van der Waals surface area contributed by atoms with Gasteiger partial charge in [0.2, 0.25) is 5.91 Å². The topological polar surface area (TPSA) is 100 Å². The van der Waals surface area contributed by atoms with Gasteiger partial charge in [0, 0.05) is 11.6 Å². The molecule has 0 aliphatic heterocycles. The lowest BCUT2D eigenvalue weighted by molar-refractivity contribution is -0.111. The van der Waals surface area contributed by atoms with Gasteiger partial charge in [-0.15, -0.1) is 11.3 Å². The molecule has 8 nitrogen and oxygen atoms in total. The minimum absolute atomic E-state index is 0.133. The number of carbonyl (C=O) groups is 3. The Hall–Kier alpha value is -3.33. The number of amides is 1. The molecule has 0 unspecified atom stereocenters. The molecular weight excluding hydrogens is 434 g/mol. The zero-order valence-electron chi connectivity index (χ0n) is 18.9. The molecule has 1 aromatic heterocycles. The van der Waals surface area contributed by atoms with Crippen molar-refractivity contribution in [2.45, 2.75) is 33.8 Å². The fraction of sp³-hybridized carbons (Fsp3) is 0.348. The molecule has 1 heterocycles. The lowest BCUT2D eigenvalue weighted by Crippen LogP contribution is -2.13. The number of carbonyl (C=O) groups excluding carboxylic acids is 3. The van der Waals surface area contributed by atoms with E-state index in [0.29, 0.717) is 22.6 Å². The average Bonchev–Trinajstić information content (AvgIpc) is 3.07. The highest BCUT2D eigenvalue weighted by Crippen LogP contribution is 2.34. The molecule has 32 heavy (non-hydrogen) atoms. The van der Waals surface area contributed by atoms with E-state index in [4.69, 9.17) is 18.9 Å². The van der Waals surface area contributed by atoms with Gasteiger partial charge in [-0.05, 0) is 57.5 Å². The van der Waals surface area contributed by atoms with Gasteiger partial charge in [-0.2, -0.15) is 0 Å². The Labute approximate surface area is 191 Å². The van der Waals surface area contributed by atoms with Crippen LogP contribution in [0.15, 0.2) is 24.3 Å². The molecule has 0 saturated carbocycles. The summed E-state index contributed by atoms with van der Waals surface area (Å²) in [4.78, 5) is 37.8. The second-order valence-electron chi connectivity index (χ2n) is 6.87. The van der Waals surface area contributed by atoms with Gasteiger partial charge in [0.05, 0.1) is 32.5 Å². The van der Waals surface area contributed by atoms with Gasteiger partial charge in [0.25, 0.3) is 0 Å². The van der Waals surface area contributed by atoms with Crippen LogP contribution >= 0.6 is 11.3 Å². The predicted octanol–water partition coefficient (Wildman–Crippen LogP) is 4.47. The van der Waals surface area contributed by atoms with E-state index in [2.05, 4.69) is 5.32 Å². The maximum absolute atomic E-state index is 12.6. The third-order valence-electron chi connectivity index (χ3n) is 4.24. The first-order valence-electron chi connectivity index (χ1n) is 9.94. The summed E-state index contributed by atoms with van der Waals surface area (Å²) in [5.74, 6) is -0.514. The first-order valence-corrected chi connectivity index (χ1v) is 10.8. The molecule has 1 aromatic carbocycles. The summed E-state index contributed by atoms with van der Waals surface area (Å²) in [6, 6.07) is 5.19. The van der Waals surface area contributed by atoms with Crippen molar-refractivity contribution in [3.63, 3.8) is 0 Å². The summed E-state index contributed by atoms with van der Waals surface area (Å²) in [6.07, 6.45) is 2.54. The van der Waals surface area contributed by atoms with Crippen molar-refractivity contribution < 1.29 is 33.3 Å². The third kappa shape index (κ3) is 6.10.